The zero-order valence-corrected chi connectivity index (χ0v) is 15.0. The van der Waals surface area contributed by atoms with Crippen LogP contribution in [0.4, 0.5) is 8.78 Å². The predicted molar refractivity (Wildman–Crippen MR) is 95.9 cm³/mol. The van der Waals surface area contributed by atoms with Crippen molar-refractivity contribution in [2.75, 3.05) is 7.05 Å². The predicted octanol–water partition coefficient (Wildman–Crippen LogP) is 2.14. The summed E-state index contributed by atoms with van der Waals surface area (Å²) in [5.41, 5.74) is 0.905. The van der Waals surface area contributed by atoms with E-state index in [1.807, 2.05) is 0 Å². The first-order valence-electron chi connectivity index (χ1n) is 7.85. The Balaban J connectivity index is 1.85. The van der Waals surface area contributed by atoms with Gasteiger partial charge in [-0.25, -0.2) is 13.1 Å². The molecule has 0 atom stereocenters. The average Bonchev–Trinajstić information content (AvgIpc) is 2.63. The van der Waals surface area contributed by atoms with E-state index in [9.17, 15) is 22.0 Å². The molecule has 1 N–H and O–H groups in total. The molecule has 0 fully saturated rings. The average molecular weight is 391 g/mol. The zero-order chi connectivity index (χ0) is 19.6. The van der Waals surface area contributed by atoms with E-state index >= 15 is 0 Å². The molecule has 0 spiro atoms. The molecule has 27 heavy (non-hydrogen) atoms. The zero-order valence-electron chi connectivity index (χ0n) is 14.2. The third-order valence-electron chi connectivity index (χ3n) is 3.91. The lowest BCUT2D eigenvalue weighted by atomic mass is 10.1. The van der Waals surface area contributed by atoms with E-state index in [2.05, 4.69) is 9.71 Å². The van der Waals surface area contributed by atoms with Gasteiger partial charge in [0.2, 0.25) is 0 Å². The second-order valence-electron chi connectivity index (χ2n) is 5.77. The highest BCUT2D eigenvalue weighted by Crippen LogP contribution is 2.20. The van der Waals surface area contributed by atoms with Crippen molar-refractivity contribution in [2.24, 2.45) is 4.40 Å². The fraction of sp³-hybridized carbons (Fsp3) is 0.111. The van der Waals surface area contributed by atoms with Gasteiger partial charge in [0.15, 0.2) is 0 Å². The SMILES string of the molecule is CN1C(C(=O)NCc2ccc(F)cc2)=CC(c2ccc(F)cc2)=NS1(=O)=O. The summed E-state index contributed by atoms with van der Waals surface area (Å²) in [6.45, 7) is 0.0906. The van der Waals surface area contributed by atoms with Gasteiger partial charge in [0.05, 0.1) is 5.71 Å². The van der Waals surface area contributed by atoms with E-state index in [0.717, 1.165) is 4.31 Å². The van der Waals surface area contributed by atoms with Gasteiger partial charge in [-0.1, -0.05) is 12.1 Å². The maximum absolute atomic E-state index is 13.1. The lowest BCUT2D eigenvalue weighted by molar-refractivity contribution is -0.118. The molecular formula is C18H15F2N3O3S. The maximum Gasteiger partial charge on any atom is 0.345 e. The lowest BCUT2D eigenvalue weighted by Crippen LogP contribution is -2.38. The Morgan fingerprint density at radius 3 is 2.19 bits per heavy atom. The van der Waals surface area contributed by atoms with Gasteiger partial charge in [0.1, 0.15) is 17.3 Å². The van der Waals surface area contributed by atoms with Crippen molar-refractivity contribution >= 4 is 21.8 Å². The molecule has 140 valence electrons. The lowest BCUT2D eigenvalue weighted by Gasteiger charge is -2.23. The van der Waals surface area contributed by atoms with E-state index in [4.69, 9.17) is 0 Å². The van der Waals surface area contributed by atoms with Crippen molar-refractivity contribution in [1.29, 1.82) is 0 Å². The van der Waals surface area contributed by atoms with E-state index < -0.39 is 27.8 Å². The minimum atomic E-state index is -4.10. The number of allylic oxidation sites excluding steroid dienone is 1. The number of hydrogen-bond donors (Lipinski definition) is 1. The van der Waals surface area contributed by atoms with Gasteiger partial charge in [-0.15, -0.1) is 4.40 Å². The quantitative estimate of drug-likeness (QED) is 0.867. The second kappa shape index (κ2) is 7.28. The van der Waals surface area contributed by atoms with Gasteiger partial charge in [-0.05, 0) is 48.0 Å². The third-order valence-corrected chi connectivity index (χ3v) is 5.23. The summed E-state index contributed by atoms with van der Waals surface area (Å²) in [7, 11) is -2.89. The van der Waals surface area contributed by atoms with Crippen LogP contribution in [-0.2, 0) is 21.5 Å². The van der Waals surface area contributed by atoms with Crippen molar-refractivity contribution in [1.82, 2.24) is 9.62 Å². The van der Waals surface area contributed by atoms with Gasteiger partial charge in [0.25, 0.3) is 5.91 Å². The molecule has 3 rings (SSSR count). The van der Waals surface area contributed by atoms with Crippen LogP contribution in [-0.4, -0.2) is 31.4 Å². The molecule has 0 bridgehead atoms. The fourth-order valence-electron chi connectivity index (χ4n) is 2.40. The van der Waals surface area contributed by atoms with Gasteiger partial charge in [-0.3, -0.25) is 4.79 Å². The van der Waals surface area contributed by atoms with E-state index in [1.54, 1.807) is 0 Å². The molecule has 1 amide bonds. The molecule has 0 aliphatic carbocycles. The Labute approximate surface area is 155 Å². The Bertz CT molecular complexity index is 1030. The summed E-state index contributed by atoms with van der Waals surface area (Å²) >= 11 is 0. The van der Waals surface area contributed by atoms with E-state index in [1.165, 1.54) is 61.7 Å². The molecule has 9 heteroatoms. The smallest absolute Gasteiger partial charge is 0.345 e. The van der Waals surface area contributed by atoms with Crippen molar-refractivity contribution < 1.29 is 22.0 Å². The number of carbonyl (C=O) groups is 1. The molecule has 2 aromatic rings. The monoisotopic (exact) mass is 391 g/mol. The number of rotatable bonds is 4. The number of amides is 1. The molecule has 1 aliphatic rings. The van der Waals surface area contributed by atoms with Crippen LogP contribution in [0.3, 0.4) is 0 Å². The van der Waals surface area contributed by atoms with Crippen LogP contribution in [0.5, 0.6) is 0 Å². The van der Waals surface area contributed by atoms with Crippen LogP contribution in [0.15, 0.2) is 64.7 Å². The number of likely N-dealkylation sites (N-methyl/N-ethyl adjacent to an activating group) is 1. The third kappa shape index (κ3) is 4.20. The van der Waals surface area contributed by atoms with Crippen LogP contribution in [0.25, 0.3) is 0 Å². The van der Waals surface area contributed by atoms with Crippen LogP contribution in [0.2, 0.25) is 0 Å². The standard InChI is InChI=1S/C18H15F2N3O3S/c1-23-17(18(24)21-11-12-2-6-14(19)7-3-12)10-16(22-27(23,25)26)13-4-8-15(20)9-5-13/h2-10H,11H2,1H3,(H,21,24). The summed E-state index contributed by atoms with van der Waals surface area (Å²) in [6.07, 6.45) is 1.31. The summed E-state index contributed by atoms with van der Waals surface area (Å²) in [4.78, 5) is 12.5. The number of halogens is 2. The largest absolute Gasteiger partial charge is 0.347 e. The second-order valence-corrected chi connectivity index (χ2v) is 7.39. The highest BCUT2D eigenvalue weighted by molar-refractivity contribution is 7.88. The number of carbonyl (C=O) groups excluding carboxylic acids is 1. The first-order chi connectivity index (χ1) is 12.8. The van der Waals surface area contributed by atoms with Gasteiger partial charge in [-0.2, -0.15) is 8.42 Å². The number of hydrogen-bond acceptors (Lipinski definition) is 3. The van der Waals surface area contributed by atoms with E-state index in [0.29, 0.717) is 11.1 Å². The molecule has 0 saturated heterocycles. The summed E-state index contributed by atoms with van der Waals surface area (Å²) in [5.74, 6) is -1.51. The maximum atomic E-state index is 13.1. The molecule has 6 nitrogen and oxygen atoms in total. The van der Waals surface area contributed by atoms with E-state index in [-0.39, 0.29) is 18.0 Å². The Kier molecular flexibility index (Phi) is 5.04. The molecular weight excluding hydrogens is 376 g/mol. The number of benzene rings is 2. The first kappa shape index (κ1) is 18.7. The number of nitrogens with zero attached hydrogens (tertiary/aromatic N) is 2. The highest BCUT2D eigenvalue weighted by Gasteiger charge is 2.29. The molecule has 0 saturated carbocycles. The highest BCUT2D eigenvalue weighted by atomic mass is 32.2. The fourth-order valence-corrected chi connectivity index (χ4v) is 3.31. The first-order valence-corrected chi connectivity index (χ1v) is 9.25. The molecule has 0 unspecified atom stereocenters. The summed E-state index contributed by atoms with van der Waals surface area (Å²) in [5, 5.41) is 2.59. The number of nitrogens with one attached hydrogen (secondary N) is 1. The Morgan fingerprint density at radius 1 is 1.04 bits per heavy atom. The summed E-state index contributed by atoms with van der Waals surface area (Å²) in [6, 6.07) is 10.6. The Hall–Kier alpha value is -3.07. The molecule has 2 aromatic carbocycles. The molecule has 1 heterocycles. The Morgan fingerprint density at radius 2 is 1.59 bits per heavy atom. The van der Waals surface area contributed by atoms with Crippen molar-refractivity contribution in [3.8, 4) is 0 Å². The summed E-state index contributed by atoms with van der Waals surface area (Å²) < 4.78 is 55.0. The van der Waals surface area contributed by atoms with Gasteiger partial charge >= 0.3 is 10.2 Å². The van der Waals surface area contributed by atoms with Crippen LogP contribution >= 0.6 is 0 Å². The van der Waals surface area contributed by atoms with Crippen LogP contribution < -0.4 is 5.32 Å². The molecule has 1 aliphatic heterocycles. The van der Waals surface area contributed by atoms with Gasteiger partial charge in [0, 0.05) is 19.2 Å². The molecule has 0 radical (unpaired) electrons. The normalized spacial score (nSPS) is 15.7. The van der Waals surface area contributed by atoms with Crippen LogP contribution in [0, 0.1) is 11.6 Å². The van der Waals surface area contributed by atoms with Crippen molar-refractivity contribution in [3.63, 3.8) is 0 Å². The van der Waals surface area contributed by atoms with Crippen molar-refractivity contribution in [2.45, 2.75) is 6.54 Å². The van der Waals surface area contributed by atoms with Gasteiger partial charge < -0.3 is 5.32 Å². The molecule has 0 aromatic heterocycles. The minimum Gasteiger partial charge on any atom is -0.347 e. The topological polar surface area (TPSA) is 78.8 Å². The minimum absolute atomic E-state index is 0.0278. The van der Waals surface area contributed by atoms with Crippen LogP contribution in [0.1, 0.15) is 11.1 Å². The van der Waals surface area contributed by atoms with Crippen molar-refractivity contribution in [3.05, 3.63) is 83.1 Å².